The van der Waals surface area contributed by atoms with Crippen molar-refractivity contribution in [1.29, 1.82) is 0 Å². The van der Waals surface area contributed by atoms with E-state index in [9.17, 15) is 4.79 Å². The Kier molecular flexibility index (Phi) is 3.88. The summed E-state index contributed by atoms with van der Waals surface area (Å²) >= 11 is 4.65. The molecule has 0 saturated carbocycles. The first kappa shape index (κ1) is 12.9. The molecule has 0 fully saturated rings. The Hall–Kier alpha value is -1.53. The third-order valence-electron chi connectivity index (χ3n) is 2.29. The molecule has 0 atom stereocenters. The number of ether oxygens (including phenoxy) is 1. The average molecular weight is 327 g/mol. The standard InChI is InChI=1S/C12H11BrN2O2S/c1-17-8-5-11(18-6-8)12(16)15-7-2-3-10(14)9(13)4-7/h2-6H,14H2,1H3,(H,15,16). The van der Waals surface area contributed by atoms with Crippen LogP contribution in [0.3, 0.4) is 0 Å². The Labute approximate surface area is 117 Å². The normalized spacial score (nSPS) is 10.1. The smallest absolute Gasteiger partial charge is 0.265 e. The Balaban J connectivity index is 2.13. The summed E-state index contributed by atoms with van der Waals surface area (Å²) in [4.78, 5) is 12.5. The highest BCUT2D eigenvalue weighted by Crippen LogP contribution is 2.25. The number of nitrogen functional groups attached to an aromatic ring is 1. The predicted molar refractivity (Wildman–Crippen MR) is 77.4 cm³/mol. The lowest BCUT2D eigenvalue weighted by Crippen LogP contribution is -2.10. The first-order chi connectivity index (χ1) is 8.60. The van der Waals surface area contributed by atoms with Gasteiger partial charge in [0.2, 0.25) is 0 Å². The number of halogens is 1. The molecule has 1 aromatic heterocycles. The summed E-state index contributed by atoms with van der Waals surface area (Å²) in [5.41, 5.74) is 7.00. The van der Waals surface area contributed by atoms with Gasteiger partial charge in [-0.3, -0.25) is 4.79 Å². The summed E-state index contributed by atoms with van der Waals surface area (Å²) in [5, 5.41) is 4.58. The molecule has 94 valence electrons. The van der Waals surface area contributed by atoms with Crippen molar-refractivity contribution in [2.75, 3.05) is 18.2 Å². The van der Waals surface area contributed by atoms with E-state index in [4.69, 9.17) is 10.5 Å². The van der Waals surface area contributed by atoms with Gasteiger partial charge >= 0.3 is 0 Å². The van der Waals surface area contributed by atoms with Gasteiger partial charge in [0, 0.05) is 27.3 Å². The maximum atomic E-state index is 11.9. The second kappa shape index (κ2) is 5.41. The second-order valence-corrected chi connectivity index (χ2v) is 5.31. The van der Waals surface area contributed by atoms with Crippen LogP contribution in [-0.2, 0) is 0 Å². The van der Waals surface area contributed by atoms with E-state index in [2.05, 4.69) is 21.2 Å². The van der Waals surface area contributed by atoms with Crippen molar-refractivity contribution < 1.29 is 9.53 Å². The minimum Gasteiger partial charge on any atom is -0.496 e. The molecule has 6 heteroatoms. The topological polar surface area (TPSA) is 64.3 Å². The lowest BCUT2D eigenvalue weighted by atomic mass is 10.3. The lowest BCUT2D eigenvalue weighted by Gasteiger charge is -2.05. The fourth-order valence-electron chi connectivity index (χ4n) is 1.34. The zero-order valence-corrected chi connectivity index (χ0v) is 12.0. The van der Waals surface area contributed by atoms with E-state index in [0.717, 1.165) is 4.47 Å². The maximum absolute atomic E-state index is 11.9. The third kappa shape index (κ3) is 2.83. The zero-order chi connectivity index (χ0) is 13.1. The fraction of sp³-hybridized carbons (Fsp3) is 0.0833. The number of benzene rings is 1. The number of carbonyl (C=O) groups excluding carboxylic acids is 1. The molecule has 0 aliphatic carbocycles. The van der Waals surface area contributed by atoms with Gasteiger partial charge in [0.15, 0.2) is 0 Å². The van der Waals surface area contributed by atoms with E-state index in [1.54, 1.807) is 36.8 Å². The van der Waals surface area contributed by atoms with Gasteiger partial charge in [0.05, 0.1) is 12.0 Å². The first-order valence-corrected chi connectivity index (χ1v) is 6.76. The Morgan fingerprint density at radius 2 is 2.22 bits per heavy atom. The molecular weight excluding hydrogens is 316 g/mol. The Morgan fingerprint density at radius 3 is 2.83 bits per heavy atom. The summed E-state index contributed by atoms with van der Waals surface area (Å²) in [6, 6.07) is 6.95. The molecule has 2 aromatic rings. The van der Waals surface area contributed by atoms with Gasteiger partial charge in [-0.05, 0) is 34.1 Å². The number of nitrogens with two attached hydrogens (primary N) is 1. The molecule has 1 aromatic carbocycles. The summed E-state index contributed by atoms with van der Waals surface area (Å²) in [6.45, 7) is 0. The van der Waals surface area contributed by atoms with Gasteiger partial charge in [-0.2, -0.15) is 0 Å². The van der Waals surface area contributed by atoms with Crippen LogP contribution in [0.5, 0.6) is 5.75 Å². The number of hydrogen-bond acceptors (Lipinski definition) is 4. The number of hydrogen-bond donors (Lipinski definition) is 2. The highest BCUT2D eigenvalue weighted by Gasteiger charge is 2.10. The Bertz CT molecular complexity index is 583. The van der Waals surface area contributed by atoms with Crippen LogP contribution in [0.15, 0.2) is 34.1 Å². The van der Waals surface area contributed by atoms with Crippen LogP contribution < -0.4 is 15.8 Å². The van der Waals surface area contributed by atoms with Crippen LogP contribution in [0.2, 0.25) is 0 Å². The number of rotatable bonds is 3. The van der Waals surface area contributed by atoms with Gasteiger partial charge in [0.1, 0.15) is 5.75 Å². The highest BCUT2D eigenvalue weighted by molar-refractivity contribution is 9.10. The average Bonchev–Trinajstić information content (AvgIpc) is 2.82. The van der Waals surface area contributed by atoms with Crippen molar-refractivity contribution in [2.45, 2.75) is 0 Å². The molecule has 1 amide bonds. The van der Waals surface area contributed by atoms with Gasteiger partial charge in [-0.25, -0.2) is 0 Å². The number of amides is 1. The van der Waals surface area contributed by atoms with Gasteiger partial charge in [-0.15, -0.1) is 11.3 Å². The largest absolute Gasteiger partial charge is 0.496 e. The Morgan fingerprint density at radius 1 is 1.44 bits per heavy atom. The van der Waals surface area contributed by atoms with Gasteiger partial charge in [0.25, 0.3) is 5.91 Å². The van der Waals surface area contributed by atoms with Crippen molar-refractivity contribution in [3.63, 3.8) is 0 Å². The van der Waals surface area contributed by atoms with Crippen molar-refractivity contribution in [3.8, 4) is 5.75 Å². The monoisotopic (exact) mass is 326 g/mol. The minimum atomic E-state index is -0.167. The van der Waals surface area contributed by atoms with E-state index in [-0.39, 0.29) is 5.91 Å². The summed E-state index contributed by atoms with van der Waals surface area (Å²) in [7, 11) is 1.57. The molecule has 0 aliphatic rings. The van der Waals surface area contributed by atoms with E-state index in [0.29, 0.717) is 22.0 Å². The van der Waals surface area contributed by atoms with E-state index < -0.39 is 0 Å². The number of methoxy groups -OCH3 is 1. The first-order valence-electron chi connectivity index (χ1n) is 5.09. The summed E-state index contributed by atoms with van der Waals surface area (Å²) in [6.07, 6.45) is 0. The quantitative estimate of drug-likeness (QED) is 0.850. The minimum absolute atomic E-state index is 0.167. The number of carbonyl (C=O) groups is 1. The van der Waals surface area contributed by atoms with Gasteiger partial charge in [-0.1, -0.05) is 0 Å². The highest BCUT2D eigenvalue weighted by atomic mass is 79.9. The summed E-state index contributed by atoms with van der Waals surface area (Å²) < 4.78 is 5.79. The molecular formula is C12H11BrN2O2S. The second-order valence-electron chi connectivity index (χ2n) is 3.54. The number of thiophene rings is 1. The molecule has 3 N–H and O–H groups in total. The van der Waals surface area contributed by atoms with Crippen LogP contribution in [0.1, 0.15) is 9.67 Å². The molecule has 0 saturated heterocycles. The molecule has 0 unspecified atom stereocenters. The van der Waals surface area contributed by atoms with Crippen molar-refractivity contribution in [1.82, 2.24) is 0 Å². The molecule has 0 radical (unpaired) electrons. The van der Waals surface area contributed by atoms with E-state index in [1.165, 1.54) is 11.3 Å². The van der Waals surface area contributed by atoms with Crippen LogP contribution in [-0.4, -0.2) is 13.0 Å². The number of anilines is 2. The molecule has 2 rings (SSSR count). The molecule has 0 spiro atoms. The van der Waals surface area contributed by atoms with E-state index in [1.807, 2.05) is 0 Å². The van der Waals surface area contributed by atoms with Gasteiger partial charge < -0.3 is 15.8 Å². The van der Waals surface area contributed by atoms with Crippen molar-refractivity contribution >= 4 is 44.5 Å². The fourth-order valence-corrected chi connectivity index (χ4v) is 2.47. The summed E-state index contributed by atoms with van der Waals surface area (Å²) in [5.74, 6) is 0.517. The molecule has 1 heterocycles. The molecule has 4 nitrogen and oxygen atoms in total. The molecule has 0 bridgehead atoms. The lowest BCUT2D eigenvalue weighted by molar-refractivity contribution is 0.103. The van der Waals surface area contributed by atoms with Crippen LogP contribution in [0, 0.1) is 0 Å². The predicted octanol–water partition coefficient (Wildman–Crippen LogP) is 3.35. The maximum Gasteiger partial charge on any atom is 0.265 e. The van der Waals surface area contributed by atoms with Crippen molar-refractivity contribution in [2.24, 2.45) is 0 Å². The molecule has 18 heavy (non-hydrogen) atoms. The zero-order valence-electron chi connectivity index (χ0n) is 9.57. The van der Waals surface area contributed by atoms with Crippen LogP contribution >= 0.6 is 27.3 Å². The van der Waals surface area contributed by atoms with Crippen LogP contribution in [0.4, 0.5) is 11.4 Å². The number of nitrogens with one attached hydrogen (secondary N) is 1. The SMILES string of the molecule is COc1csc(C(=O)Nc2ccc(N)c(Br)c2)c1. The third-order valence-corrected chi connectivity index (χ3v) is 3.89. The molecule has 0 aliphatic heterocycles. The van der Waals surface area contributed by atoms with E-state index >= 15 is 0 Å². The van der Waals surface area contributed by atoms with Crippen molar-refractivity contribution in [3.05, 3.63) is 39.0 Å². The van der Waals surface area contributed by atoms with Crippen LogP contribution in [0.25, 0.3) is 0 Å².